The Morgan fingerprint density at radius 2 is 1.93 bits per heavy atom. The van der Waals surface area contributed by atoms with Crippen molar-refractivity contribution in [2.75, 3.05) is 13.2 Å². The second kappa shape index (κ2) is 8.83. The number of aliphatic hydroxyl groups is 1. The van der Waals surface area contributed by atoms with Gasteiger partial charge in [0.1, 0.15) is 11.9 Å². The van der Waals surface area contributed by atoms with Gasteiger partial charge in [0, 0.05) is 11.4 Å². The molecule has 0 bridgehead atoms. The van der Waals surface area contributed by atoms with Crippen molar-refractivity contribution in [3.05, 3.63) is 64.2 Å². The van der Waals surface area contributed by atoms with Crippen LogP contribution >= 0.6 is 11.6 Å². The van der Waals surface area contributed by atoms with Crippen molar-refractivity contribution in [2.24, 2.45) is 0 Å². The molecule has 150 valence electrons. The Morgan fingerprint density at radius 3 is 2.64 bits per heavy atom. The van der Waals surface area contributed by atoms with Gasteiger partial charge in [-0.2, -0.15) is 0 Å². The van der Waals surface area contributed by atoms with Gasteiger partial charge in [0.15, 0.2) is 0 Å². The zero-order chi connectivity index (χ0) is 19.5. The summed E-state index contributed by atoms with van der Waals surface area (Å²) in [4.78, 5) is 0. The maximum absolute atomic E-state index is 9.88. The first-order chi connectivity index (χ1) is 13.6. The molecular weight excluding hydrogens is 376 g/mol. The molecule has 0 amide bonds. The molecule has 0 saturated carbocycles. The highest BCUT2D eigenvalue weighted by Crippen LogP contribution is 2.33. The van der Waals surface area contributed by atoms with Gasteiger partial charge in [-0.1, -0.05) is 35.9 Å². The third-order valence-corrected chi connectivity index (χ3v) is 5.96. The van der Waals surface area contributed by atoms with Crippen molar-refractivity contribution < 1.29 is 19.3 Å². The molecule has 2 saturated heterocycles. The first kappa shape index (κ1) is 19.7. The van der Waals surface area contributed by atoms with Gasteiger partial charge < -0.3 is 19.3 Å². The van der Waals surface area contributed by atoms with Crippen LogP contribution in [0.15, 0.2) is 42.5 Å². The Hall–Kier alpha value is -1.59. The molecule has 2 aromatic carbocycles. The SMILES string of the molecule is C[C@H]1O[C@@H](c2ccc(Cl)c(Cc3ccc(O[C@H]4CCOC4)cc3)c2)CC[C@@H]1O. The number of hydrogen-bond acceptors (Lipinski definition) is 4. The van der Waals surface area contributed by atoms with Crippen molar-refractivity contribution >= 4 is 11.6 Å². The molecular formula is C23H27ClO4. The molecule has 0 aromatic heterocycles. The van der Waals surface area contributed by atoms with E-state index in [1.807, 2.05) is 31.2 Å². The molecule has 2 aliphatic rings. The fourth-order valence-corrected chi connectivity index (χ4v) is 4.04. The monoisotopic (exact) mass is 402 g/mol. The number of benzene rings is 2. The quantitative estimate of drug-likeness (QED) is 0.787. The molecule has 0 unspecified atom stereocenters. The molecule has 2 fully saturated rings. The third-order valence-electron chi connectivity index (χ3n) is 5.60. The highest BCUT2D eigenvalue weighted by Gasteiger charge is 2.27. The van der Waals surface area contributed by atoms with E-state index in [4.69, 9.17) is 25.8 Å². The topological polar surface area (TPSA) is 47.9 Å². The van der Waals surface area contributed by atoms with Crippen LogP contribution in [-0.4, -0.2) is 36.6 Å². The number of aliphatic hydroxyl groups excluding tert-OH is 1. The molecule has 1 N–H and O–H groups in total. The van der Waals surface area contributed by atoms with Crippen LogP contribution in [0.4, 0.5) is 0 Å². The highest BCUT2D eigenvalue weighted by molar-refractivity contribution is 6.31. The predicted molar refractivity (Wildman–Crippen MR) is 109 cm³/mol. The molecule has 2 aliphatic heterocycles. The van der Waals surface area contributed by atoms with E-state index < -0.39 is 0 Å². The summed E-state index contributed by atoms with van der Waals surface area (Å²) in [6.07, 6.45) is 2.94. The lowest BCUT2D eigenvalue weighted by atomic mass is 9.94. The summed E-state index contributed by atoms with van der Waals surface area (Å²) in [6.45, 7) is 3.37. The first-order valence-corrected chi connectivity index (χ1v) is 10.4. The van der Waals surface area contributed by atoms with Crippen LogP contribution < -0.4 is 4.74 Å². The molecule has 4 nitrogen and oxygen atoms in total. The third kappa shape index (κ3) is 4.69. The van der Waals surface area contributed by atoms with Gasteiger partial charge in [0.05, 0.1) is 31.5 Å². The standard InChI is InChI=1S/C23H27ClO4/c1-15-22(25)8-9-23(27-15)17-4-7-21(24)18(13-17)12-16-2-5-19(6-3-16)28-20-10-11-26-14-20/h2-7,13,15,20,22-23,25H,8-12,14H2,1H3/t15-,20+,22+,23-/m1/s1. The number of rotatable bonds is 5. The van der Waals surface area contributed by atoms with E-state index >= 15 is 0 Å². The molecule has 2 heterocycles. The van der Waals surface area contributed by atoms with Gasteiger partial charge in [0.25, 0.3) is 0 Å². The van der Waals surface area contributed by atoms with E-state index in [1.54, 1.807) is 0 Å². The van der Waals surface area contributed by atoms with Crippen molar-refractivity contribution in [1.29, 1.82) is 0 Å². The summed E-state index contributed by atoms with van der Waals surface area (Å²) in [5.74, 6) is 0.877. The number of hydrogen-bond donors (Lipinski definition) is 1. The van der Waals surface area contributed by atoms with Crippen LogP contribution in [0.1, 0.15) is 49.0 Å². The van der Waals surface area contributed by atoms with E-state index in [0.717, 1.165) is 54.2 Å². The maximum Gasteiger partial charge on any atom is 0.124 e. The first-order valence-electron chi connectivity index (χ1n) is 10.0. The molecule has 4 atom stereocenters. The van der Waals surface area contributed by atoms with Crippen LogP contribution in [0.25, 0.3) is 0 Å². The molecule has 5 heteroatoms. The normalized spacial score (nSPS) is 27.7. The van der Waals surface area contributed by atoms with Gasteiger partial charge in [-0.3, -0.25) is 0 Å². The minimum atomic E-state index is -0.375. The minimum absolute atomic E-state index is 0.0128. The average molecular weight is 403 g/mol. The number of ether oxygens (including phenoxy) is 3. The largest absolute Gasteiger partial charge is 0.488 e. The van der Waals surface area contributed by atoms with E-state index in [9.17, 15) is 5.11 Å². The fraction of sp³-hybridized carbons (Fsp3) is 0.478. The highest BCUT2D eigenvalue weighted by atomic mass is 35.5. The van der Waals surface area contributed by atoms with Crippen LogP contribution in [-0.2, 0) is 15.9 Å². The summed E-state index contributed by atoms with van der Waals surface area (Å²) >= 11 is 6.46. The van der Waals surface area contributed by atoms with Crippen LogP contribution in [0.3, 0.4) is 0 Å². The van der Waals surface area contributed by atoms with Gasteiger partial charge >= 0.3 is 0 Å². The summed E-state index contributed by atoms with van der Waals surface area (Å²) in [5, 5.41) is 10.6. The number of halogens is 1. The Labute approximate surface area is 171 Å². The van der Waals surface area contributed by atoms with Crippen LogP contribution in [0.5, 0.6) is 5.75 Å². The Morgan fingerprint density at radius 1 is 1.11 bits per heavy atom. The maximum atomic E-state index is 9.88. The molecule has 28 heavy (non-hydrogen) atoms. The minimum Gasteiger partial charge on any atom is -0.488 e. The van der Waals surface area contributed by atoms with Crippen molar-refractivity contribution in [3.63, 3.8) is 0 Å². The molecule has 0 radical (unpaired) electrons. The summed E-state index contributed by atoms with van der Waals surface area (Å²) in [6, 6.07) is 14.3. The Balaban J connectivity index is 1.44. The second-order valence-electron chi connectivity index (χ2n) is 7.75. The van der Waals surface area contributed by atoms with E-state index in [1.165, 1.54) is 5.56 Å². The molecule has 4 rings (SSSR count). The van der Waals surface area contributed by atoms with Gasteiger partial charge in [-0.05, 0) is 61.1 Å². The van der Waals surface area contributed by atoms with Crippen molar-refractivity contribution in [3.8, 4) is 5.75 Å². The van der Waals surface area contributed by atoms with Gasteiger partial charge in [-0.25, -0.2) is 0 Å². The van der Waals surface area contributed by atoms with Crippen LogP contribution in [0.2, 0.25) is 5.02 Å². The van der Waals surface area contributed by atoms with E-state index in [2.05, 4.69) is 18.2 Å². The van der Waals surface area contributed by atoms with Crippen LogP contribution in [0, 0.1) is 0 Å². The lowest BCUT2D eigenvalue weighted by Crippen LogP contribution is -2.33. The second-order valence-corrected chi connectivity index (χ2v) is 8.16. The summed E-state index contributed by atoms with van der Waals surface area (Å²) in [5.41, 5.74) is 3.39. The smallest absolute Gasteiger partial charge is 0.124 e. The Bertz CT molecular complexity index is 786. The molecule has 0 spiro atoms. The zero-order valence-electron chi connectivity index (χ0n) is 16.1. The van der Waals surface area contributed by atoms with E-state index in [-0.39, 0.29) is 24.4 Å². The predicted octanol–water partition coefficient (Wildman–Crippen LogP) is 4.70. The lowest BCUT2D eigenvalue weighted by molar-refractivity contribution is -0.110. The average Bonchev–Trinajstić information content (AvgIpc) is 3.20. The molecule has 0 aliphatic carbocycles. The molecule has 2 aromatic rings. The van der Waals surface area contributed by atoms with Crippen molar-refractivity contribution in [1.82, 2.24) is 0 Å². The fourth-order valence-electron chi connectivity index (χ4n) is 3.85. The van der Waals surface area contributed by atoms with Gasteiger partial charge in [-0.15, -0.1) is 0 Å². The lowest BCUT2D eigenvalue weighted by Gasteiger charge is -2.32. The van der Waals surface area contributed by atoms with E-state index in [0.29, 0.717) is 6.61 Å². The summed E-state index contributed by atoms with van der Waals surface area (Å²) in [7, 11) is 0. The Kier molecular flexibility index (Phi) is 6.22. The zero-order valence-corrected chi connectivity index (χ0v) is 16.9. The summed E-state index contributed by atoms with van der Waals surface area (Å²) < 4.78 is 17.3. The van der Waals surface area contributed by atoms with Gasteiger partial charge in [0.2, 0.25) is 0 Å². The van der Waals surface area contributed by atoms with Crippen molar-refractivity contribution in [2.45, 2.75) is 57.0 Å².